The highest BCUT2D eigenvalue weighted by Crippen LogP contribution is 2.35. The molecule has 3 N–H and O–H groups in total. The molecule has 0 unspecified atom stereocenters. The standard InChI is InChI=1S/C16H22N4O3S/c1-2-11-24(21,22)20-13-7-5-12(6-8-13)14-18-15(19-23-14)16(17)9-3-4-10-16/h5-8,20H,2-4,9-11,17H2,1H3. The monoisotopic (exact) mass is 350 g/mol. The lowest BCUT2D eigenvalue weighted by Gasteiger charge is -2.17. The normalized spacial score (nSPS) is 17.1. The molecule has 0 aliphatic heterocycles. The molecule has 1 aromatic carbocycles. The van der Waals surface area contributed by atoms with Gasteiger partial charge in [-0.05, 0) is 43.5 Å². The second kappa shape index (κ2) is 6.52. The maximum atomic E-state index is 11.8. The summed E-state index contributed by atoms with van der Waals surface area (Å²) in [6.07, 6.45) is 4.45. The van der Waals surface area contributed by atoms with Crippen molar-refractivity contribution in [2.75, 3.05) is 10.5 Å². The summed E-state index contributed by atoms with van der Waals surface area (Å²) in [7, 11) is -3.30. The van der Waals surface area contributed by atoms with Gasteiger partial charge in [-0.3, -0.25) is 4.72 Å². The fourth-order valence-electron chi connectivity index (χ4n) is 2.95. The fraction of sp³-hybridized carbons (Fsp3) is 0.500. The molecule has 0 atom stereocenters. The van der Waals surface area contributed by atoms with E-state index in [2.05, 4.69) is 14.9 Å². The number of hydrogen-bond donors (Lipinski definition) is 2. The summed E-state index contributed by atoms with van der Waals surface area (Å²) in [4.78, 5) is 4.43. The van der Waals surface area contributed by atoms with Crippen molar-refractivity contribution in [1.29, 1.82) is 0 Å². The number of aromatic nitrogens is 2. The molecular formula is C16H22N4O3S. The molecule has 0 amide bonds. The molecule has 1 fully saturated rings. The van der Waals surface area contributed by atoms with E-state index < -0.39 is 15.6 Å². The summed E-state index contributed by atoms with van der Waals surface area (Å²) in [6.45, 7) is 1.82. The Kier molecular flexibility index (Phi) is 4.60. The van der Waals surface area contributed by atoms with Gasteiger partial charge in [0, 0.05) is 11.3 Å². The SMILES string of the molecule is CCCS(=O)(=O)Nc1ccc(-c2nc(C3(N)CCCC3)no2)cc1. The van der Waals surface area contributed by atoms with E-state index in [1.807, 2.05) is 6.92 Å². The molecular weight excluding hydrogens is 328 g/mol. The first-order valence-corrected chi connectivity index (χ1v) is 9.81. The Balaban J connectivity index is 1.76. The van der Waals surface area contributed by atoms with Crippen LogP contribution >= 0.6 is 0 Å². The van der Waals surface area contributed by atoms with Crippen LogP contribution in [0.5, 0.6) is 0 Å². The Morgan fingerprint density at radius 3 is 2.54 bits per heavy atom. The van der Waals surface area contributed by atoms with Crippen LogP contribution in [0.15, 0.2) is 28.8 Å². The predicted molar refractivity (Wildman–Crippen MR) is 91.8 cm³/mol. The van der Waals surface area contributed by atoms with E-state index in [1.165, 1.54) is 0 Å². The van der Waals surface area contributed by atoms with Gasteiger partial charge in [-0.25, -0.2) is 8.42 Å². The average Bonchev–Trinajstić information content (AvgIpc) is 3.17. The van der Waals surface area contributed by atoms with Crippen LogP contribution in [0.25, 0.3) is 11.5 Å². The number of nitrogens with one attached hydrogen (secondary N) is 1. The minimum absolute atomic E-state index is 0.0976. The van der Waals surface area contributed by atoms with Crippen molar-refractivity contribution >= 4 is 15.7 Å². The highest BCUT2D eigenvalue weighted by atomic mass is 32.2. The molecule has 130 valence electrons. The largest absolute Gasteiger partial charge is 0.334 e. The van der Waals surface area contributed by atoms with Gasteiger partial charge < -0.3 is 10.3 Å². The van der Waals surface area contributed by atoms with Gasteiger partial charge in [0.25, 0.3) is 5.89 Å². The minimum atomic E-state index is -3.30. The Morgan fingerprint density at radius 1 is 1.25 bits per heavy atom. The predicted octanol–water partition coefficient (Wildman–Crippen LogP) is 2.62. The first-order valence-electron chi connectivity index (χ1n) is 8.16. The molecule has 1 saturated carbocycles. The molecule has 1 aromatic heterocycles. The molecule has 0 saturated heterocycles. The maximum Gasteiger partial charge on any atom is 0.257 e. The second-order valence-electron chi connectivity index (χ2n) is 6.28. The lowest BCUT2D eigenvalue weighted by molar-refractivity contribution is 0.372. The van der Waals surface area contributed by atoms with E-state index in [0.29, 0.717) is 23.8 Å². The molecule has 3 rings (SSSR count). The molecule has 24 heavy (non-hydrogen) atoms. The summed E-state index contributed by atoms with van der Waals surface area (Å²) in [5.74, 6) is 1.03. The summed E-state index contributed by atoms with van der Waals surface area (Å²) in [6, 6.07) is 6.86. The average molecular weight is 350 g/mol. The van der Waals surface area contributed by atoms with Crippen LogP contribution in [0.2, 0.25) is 0 Å². The van der Waals surface area contributed by atoms with Crippen molar-refractivity contribution in [3.8, 4) is 11.5 Å². The summed E-state index contributed by atoms with van der Waals surface area (Å²) in [5, 5.41) is 4.03. The van der Waals surface area contributed by atoms with Gasteiger partial charge in [-0.15, -0.1) is 0 Å². The van der Waals surface area contributed by atoms with E-state index in [9.17, 15) is 8.42 Å². The topological polar surface area (TPSA) is 111 Å². The van der Waals surface area contributed by atoms with Crippen molar-refractivity contribution in [3.63, 3.8) is 0 Å². The molecule has 8 heteroatoms. The quantitative estimate of drug-likeness (QED) is 0.828. The molecule has 1 heterocycles. The number of rotatable bonds is 6. The maximum absolute atomic E-state index is 11.8. The number of nitrogens with zero attached hydrogens (tertiary/aromatic N) is 2. The Hall–Kier alpha value is -1.93. The van der Waals surface area contributed by atoms with Crippen molar-refractivity contribution < 1.29 is 12.9 Å². The zero-order valence-corrected chi connectivity index (χ0v) is 14.5. The minimum Gasteiger partial charge on any atom is -0.334 e. The van der Waals surface area contributed by atoms with E-state index in [0.717, 1.165) is 31.2 Å². The molecule has 1 aliphatic rings. The second-order valence-corrected chi connectivity index (χ2v) is 8.13. The summed E-state index contributed by atoms with van der Waals surface area (Å²) >= 11 is 0. The Morgan fingerprint density at radius 2 is 1.92 bits per heavy atom. The molecule has 2 aromatic rings. The Bertz CT molecular complexity index is 793. The van der Waals surface area contributed by atoms with Crippen molar-refractivity contribution in [2.45, 2.75) is 44.6 Å². The van der Waals surface area contributed by atoms with Gasteiger partial charge in [-0.1, -0.05) is 24.9 Å². The van der Waals surface area contributed by atoms with Crippen LogP contribution in [-0.2, 0) is 15.6 Å². The van der Waals surface area contributed by atoms with E-state index in [-0.39, 0.29) is 5.75 Å². The number of hydrogen-bond acceptors (Lipinski definition) is 6. The van der Waals surface area contributed by atoms with Crippen LogP contribution in [-0.4, -0.2) is 24.3 Å². The van der Waals surface area contributed by atoms with Crippen LogP contribution in [0.3, 0.4) is 0 Å². The number of anilines is 1. The van der Waals surface area contributed by atoms with Crippen LogP contribution in [0.4, 0.5) is 5.69 Å². The lowest BCUT2D eigenvalue weighted by atomic mass is 9.99. The van der Waals surface area contributed by atoms with E-state index in [4.69, 9.17) is 10.3 Å². The molecule has 7 nitrogen and oxygen atoms in total. The zero-order chi connectivity index (χ0) is 17.2. The first-order chi connectivity index (χ1) is 11.4. The molecule has 1 aliphatic carbocycles. The van der Waals surface area contributed by atoms with Gasteiger partial charge in [-0.2, -0.15) is 4.98 Å². The smallest absolute Gasteiger partial charge is 0.257 e. The molecule has 0 spiro atoms. The highest BCUT2D eigenvalue weighted by Gasteiger charge is 2.36. The third kappa shape index (κ3) is 3.59. The summed E-state index contributed by atoms with van der Waals surface area (Å²) in [5.41, 5.74) is 7.09. The number of nitrogens with two attached hydrogens (primary N) is 1. The van der Waals surface area contributed by atoms with Crippen molar-refractivity contribution in [3.05, 3.63) is 30.1 Å². The van der Waals surface area contributed by atoms with Crippen LogP contribution in [0, 0.1) is 0 Å². The van der Waals surface area contributed by atoms with Crippen molar-refractivity contribution in [1.82, 2.24) is 10.1 Å². The van der Waals surface area contributed by atoms with Gasteiger partial charge in [0.1, 0.15) is 0 Å². The highest BCUT2D eigenvalue weighted by molar-refractivity contribution is 7.92. The van der Waals surface area contributed by atoms with Crippen LogP contribution < -0.4 is 10.5 Å². The molecule has 0 radical (unpaired) electrons. The van der Waals surface area contributed by atoms with Gasteiger partial charge in [0.2, 0.25) is 10.0 Å². The lowest BCUT2D eigenvalue weighted by Crippen LogP contribution is -2.34. The van der Waals surface area contributed by atoms with E-state index in [1.54, 1.807) is 24.3 Å². The molecule has 0 bridgehead atoms. The Labute approximate surface area is 141 Å². The number of benzene rings is 1. The van der Waals surface area contributed by atoms with Crippen LogP contribution in [0.1, 0.15) is 44.9 Å². The third-order valence-corrected chi connectivity index (χ3v) is 5.74. The number of sulfonamides is 1. The van der Waals surface area contributed by atoms with Gasteiger partial charge >= 0.3 is 0 Å². The van der Waals surface area contributed by atoms with Gasteiger partial charge in [0.15, 0.2) is 5.82 Å². The van der Waals surface area contributed by atoms with E-state index >= 15 is 0 Å². The third-order valence-electron chi connectivity index (χ3n) is 4.25. The van der Waals surface area contributed by atoms with Gasteiger partial charge in [0.05, 0.1) is 11.3 Å². The van der Waals surface area contributed by atoms with Crippen molar-refractivity contribution in [2.24, 2.45) is 5.73 Å². The fourth-order valence-corrected chi connectivity index (χ4v) is 4.09. The first kappa shape index (κ1) is 16.9. The summed E-state index contributed by atoms with van der Waals surface area (Å²) < 4.78 is 31.4. The zero-order valence-electron chi connectivity index (χ0n) is 13.7.